The molecule has 6 rings (SSSR count). The standard InChI is InChI=1S/C30H23ClN2O3.CH4/c31-22-14-12-20(13-15-22)30(35)33-25-10-5-4-9-23(25)32-24-17-21(27-11-6-16-36-27)18-26(34)28(24)29(33)19-7-2-1-3-8-19;/h1-16,21,29,32H,17-18H2;1H4. The molecule has 6 heteroatoms. The average molecular weight is 511 g/mol. The SMILES string of the molecule is C.O=C1CC(c2ccco2)CC2=C1C(c1ccccc1)N(C(=O)c1ccc(Cl)cc1)c1ccccc1N2. The maximum Gasteiger partial charge on any atom is 0.259 e. The van der Waals surface area contributed by atoms with Crippen LogP contribution >= 0.6 is 11.6 Å². The molecular weight excluding hydrogens is 484 g/mol. The van der Waals surface area contributed by atoms with Crippen LogP contribution in [0.4, 0.5) is 11.4 Å². The number of benzene rings is 3. The van der Waals surface area contributed by atoms with Gasteiger partial charge in [-0.2, -0.15) is 0 Å². The number of allylic oxidation sites excluding steroid dienone is 1. The summed E-state index contributed by atoms with van der Waals surface area (Å²) in [5.41, 5.74) is 4.29. The fourth-order valence-electron chi connectivity index (χ4n) is 5.22. The second-order valence-corrected chi connectivity index (χ2v) is 9.51. The van der Waals surface area contributed by atoms with Gasteiger partial charge in [0.15, 0.2) is 5.78 Å². The van der Waals surface area contributed by atoms with E-state index in [0.29, 0.717) is 34.7 Å². The van der Waals surface area contributed by atoms with E-state index >= 15 is 0 Å². The zero-order valence-corrected chi connectivity index (χ0v) is 20.1. The monoisotopic (exact) mass is 510 g/mol. The molecule has 2 unspecified atom stereocenters. The highest BCUT2D eigenvalue weighted by Crippen LogP contribution is 2.47. The number of carbonyl (C=O) groups is 2. The van der Waals surface area contributed by atoms with Gasteiger partial charge in [-0.1, -0.05) is 61.5 Å². The van der Waals surface area contributed by atoms with Crippen LogP contribution in [0.25, 0.3) is 0 Å². The summed E-state index contributed by atoms with van der Waals surface area (Å²) in [7, 11) is 0. The molecule has 1 N–H and O–H groups in total. The molecule has 1 aliphatic heterocycles. The van der Waals surface area contributed by atoms with Gasteiger partial charge in [-0.25, -0.2) is 0 Å². The summed E-state index contributed by atoms with van der Waals surface area (Å²) in [6, 6.07) is 27.5. The summed E-state index contributed by atoms with van der Waals surface area (Å²) in [5.74, 6) is 0.519. The van der Waals surface area contributed by atoms with Gasteiger partial charge in [0.05, 0.1) is 23.7 Å². The van der Waals surface area contributed by atoms with E-state index in [9.17, 15) is 9.59 Å². The number of carbonyl (C=O) groups excluding carboxylic acids is 2. The lowest BCUT2D eigenvalue weighted by atomic mass is 9.80. The van der Waals surface area contributed by atoms with E-state index in [0.717, 1.165) is 22.7 Å². The minimum absolute atomic E-state index is 0. The van der Waals surface area contributed by atoms with Gasteiger partial charge in [0, 0.05) is 34.2 Å². The van der Waals surface area contributed by atoms with E-state index < -0.39 is 6.04 Å². The predicted octanol–water partition coefficient (Wildman–Crippen LogP) is 7.78. The number of ketones is 1. The lowest BCUT2D eigenvalue weighted by molar-refractivity contribution is -0.116. The van der Waals surface area contributed by atoms with E-state index in [-0.39, 0.29) is 25.0 Å². The first kappa shape index (κ1) is 24.6. The minimum Gasteiger partial charge on any atom is -0.469 e. The van der Waals surface area contributed by atoms with Crippen LogP contribution in [0, 0.1) is 0 Å². The molecule has 2 atom stereocenters. The topological polar surface area (TPSA) is 62.6 Å². The maximum absolute atomic E-state index is 14.1. The highest BCUT2D eigenvalue weighted by molar-refractivity contribution is 6.30. The number of hydrogen-bond acceptors (Lipinski definition) is 4. The Labute approximate surface area is 221 Å². The van der Waals surface area contributed by atoms with Crippen molar-refractivity contribution in [1.29, 1.82) is 0 Å². The number of amides is 1. The van der Waals surface area contributed by atoms with Crippen molar-refractivity contribution in [2.75, 3.05) is 10.2 Å². The van der Waals surface area contributed by atoms with Crippen LogP contribution in [-0.2, 0) is 4.79 Å². The number of nitrogens with one attached hydrogen (secondary N) is 1. The van der Waals surface area contributed by atoms with Crippen molar-refractivity contribution in [2.45, 2.75) is 32.2 Å². The largest absolute Gasteiger partial charge is 0.469 e. The van der Waals surface area contributed by atoms with Crippen LogP contribution in [0.2, 0.25) is 5.02 Å². The third kappa shape index (κ3) is 4.47. The first-order valence-corrected chi connectivity index (χ1v) is 12.3. The van der Waals surface area contributed by atoms with Gasteiger partial charge < -0.3 is 9.73 Å². The highest BCUT2D eigenvalue weighted by Gasteiger charge is 2.42. The molecule has 2 aliphatic rings. The van der Waals surface area contributed by atoms with E-state index in [2.05, 4.69) is 5.32 Å². The van der Waals surface area contributed by atoms with Crippen LogP contribution in [0.1, 0.15) is 53.9 Å². The van der Waals surface area contributed by atoms with E-state index in [1.165, 1.54) is 0 Å². The molecule has 5 nitrogen and oxygen atoms in total. The first-order chi connectivity index (χ1) is 17.6. The Morgan fingerprint density at radius 2 is 1.62 bits per heavy atom. The van der Waals surface area contributed by atoms with Crippen molar-refractivity contribution in [2.24, 2.45) is 0 Å². The van der Waals surface area contributed by atoms with Crippen molar-refractivity contribution in [3.8, 4) is 0 Å². The number of anilines is 2. The predicted molar refractivity (Wildman–Crippen MR) is 147 cm³/mol. The molecule has 1 amide bonds. The maximum atomic E-state index is 14.1. The minimum atomic E-state index is -0.592. The summed E-state index contributed by atoms with van der Waals surface area (Å²) in [6.07, 6.45) is 2.56. The molecule has 4 aromatic rings. The lowest BCUT2D eigenvalue weighted by Gasteiger charge is -2.35. The Bertz CT molecular complexity index is 1460. The Balaban J connectivity index is 0.00000280. The lowest BCUT2D eigenvalue weighted by Crippen LogP contribution is -2.38. The Morgan fingerprint density at radius 3 is 2.35 bits per heavy atom. The van der Waals surface area contributed by atoms with Crippen molar-refractivity contribution in [3.05, 3.63) is 130 Å². The Hall–Kier alpha value is -4.09. The van der Waals surface area contributed by atoms with Crippen molar-refractivity contribution >= 4 is 34.7 Å². The third-order valence-corrected chi connectivity index (χ3v) is 7.11. The molecule has 1 aliphatic carbocycles. The number of nitrogens with zero attached hydrogens (tertiary/aromatic N) is 1. The molecule has 0 radical (unpaired) electrons. The highest BCUT2D eigenvalue weighted by atomic mass is 35.5. The van der Waals surface area contributed by atoms with E-state index in [1.54, 1.807) is 35.4 Å². The fourth-order valence-corrected chi connectivity index (χ4v) is 5.35. The molecule has 37 heavy (non-hydrogen) atoms. The molecule has 0 saturated heterocycles. The molecule has 1 aromatic heterocycles. The zero-order chi connectivity index (χ0) is 24.6. The van der Waals surface area contributed by atoms with Crippen LogP contribution in [0.5, 0.6) is 0 Å². The third-order valence-electron chi connectivity index (χ3n) is 6.86. The molecule has 2 heterocycles. The summed E-state index contributed by atoms with van der Waals surface area (Å²) in [4.78, 5) is 29.8. The van der Waals surface area contributed by atoms with Crippen molar-refractivity contribution in [1.82, 2.24) is 0 Å². The van der Waals surface area contributed by atoms with E-state index in [1.807, 2.05) is 66.7 Å². The van der Waals surface area contributed by atoms with Gasteiger partial charge in [0.25, 0.3) is 5.91 Å². The Morgan fingerprint density at radius 1 is 0.892 bits per heavy atom. The number of fused-ring (bicyclic) bond motifs is 1. The number of hydrogen-bond donors (Lipinski definition) is 1. The average Bonchev–Trinajstić information content (AvgIpc) is 3.39. The van der Waals surface area contributed by atoms with Gasteiger partial charge in [0.1, 0.15) is 5.76 Å². The molecule has 0 bridgehead atoms. The van der Waals surface area contributed by atoms with Gasteiger partial charge >= 0.3 is 0 Å². The fraction of sp³-hybridized carbons (Fsp3) is 0.161. The van der Waals surface area contributed by atoms with Gasteiger partial charge in [-0.05, 0) is 60.5 Å². The van der Waals surface area contributed by atoms with E-state index in [4.69, 9.17) is 16.0 Å². The number of para-hydroxylation sites is 2. The molecule has 186 valence electrons. The Kier molecular flexibility index (Phi) is 6.72. The quantitative estimate of drug-likeness (QED) is 0.305. The number of Topliss-reactive ketones (excluding diaryl/α,β-unsaturated/α-hetero) is 1. The second-order valence-electron chi connectivity index (χ2n) is 9.07. The summed E-state index contributed by atoms with van der Waals surface area (Å²) >= 11 is 6.11. The smallest absolute Gasteiger partial charge is 0.259 e. The first-order valence-electron chi connectivity index (χ1n) is 11.9. The van der Waals surface area contributed by atoms with Crippen molar-refractivity contribution in [3.63, 3.8) is 0 Å². The van der Waals surface area contributed by atoms with Crippen LogP contribution in [-0.4, -0.2) is 11.7 Å². The number of halogens is 1. The zero-order valence-electron chi connectivity index (χ0n) is 19.4. The molecule has 0 saturated carbocycles. The van der Waals surface area contributed by atoms with Crippen LogP contribution < -0.4 is 10.2 Å². The van der Waals surface area contributed by atoms with Crippen molar-refractivity contribution < 1.29 is 14.0 Å². The molecular formula is C31H27ClN2O3. The second kappa shape index (κ2) is 10.1. The molecule has 0 fully saturated rings. The van der Waals surface area contributed by atoms with Gasteiger partial charge in [0.2, 0.25) is 0 Å². The van der Waals surface area contributed by atoms with Crippen LogP contribution in [0.15, 0.2) is 113 Å². The summed E-state index contributed by atoms with van der Waals surface area (Å²) in [6.45, 7) is 0. The van der Waals surface area contributed by atoms with Gasteiger partial charge in [-0.15, -0.1) is 0 Å². The molecule has 3 aromatic carbocycles. The van der Waals surface area contributed by atoms with Gasteiger partial charge in [-0.3, -0.25) is 14.5 Å². The summed E-state index contributed by atoms with van der Waals surface area (Å²) in [5, 5.41) is 4.09. The molecule has 0 spiro atoms. The van der Waals surface area contributed by atoms with Crippen LogP contribution in [0.3, 0.4) is 0 Å². The normalized spacial score (nSPS) is 18.7. The number of furan rings is 1. The number of rotatable bonds is 3. The summed E-state index contributed by atoms with van der Waals surface area (Å²) < 4.78 is 5.66.